The van der Waals surface area contributed by atoms with E-state index < -0.39 is 5.97 Å². The number of carbonyl (C=O) groups is 2. The fraction of sp³-hybridized carbons (Fsp3) is 0.615. The standard InChI is InChI=1S/C26H35NO4S/c1-16-6-11-21(17(2)14-16)24(29)27(18-7-9-19(28)10-8-18)22-15-20(12-13-26(3,4)5)32-23(22)25(30)31/h6,15,17-19,21,28H,7-11,14H2,1-5H3,(H,30,31)/t17-,18?,19?,21?/m1/s1. The zero-order valence-electron chi connectivity index (χ0n) is 19.8. The van der Waals surface area contributed by atoms with Gasteiger partial charge in [0, 0.05) is 17.4 Å². The van der Waals surface area contributed by atoms with Gasteiger partial charge in [0.1, 0.15) is 4.88 Å². The Morgan fingerprint density at radius 3 is 2.41 bits per heavy atom. The van der Waals surface area contributed by atoms with Gasteiger partial charge in [-0.25, -0.2) is 4.79 Å². The summed E-state index contributed by atoms with van der Waals surface area (Å²) in [6, 6.07) is 1.67. The van der Waals surface area contributed by atoms with Gasteiger partial charge >= 0.3 is 5.97 Å². The van der Waals surface area contributed by atoms with Crippen LogP contribution in [0.5, 0.6) is 0 Å². The molecule has 174 valence electrons. The molecular formula is C26H35NO4S. The molecule has 5 nitrogen and oxygen atoms in total. The van der Waals surface area contributed by atoms with Crippen molar-refractivity contribution in [3.05, 3.63) is 27.5 Å². The first-order chi connectivity index (χ1) is 15.0. The number of aliphatic hydroxyl groups is 1. The van der Waals surface area contributed by atoms with Crippen LogP contribution in [0.1, 0.15) is 87.7 Å². The molecular weight excluding hydrogens is 422 g/mol. The van der Waals surface area contributed by atoms with Crippen LogP contribution in [0, 0.1) is 29.1 Å². The van der Waals surface area contributed by atoms with E-state index in [1.165, 1.54) is 5.57 Å². The maximum Gasteiger partial charge on any atom is 0.348 e. The molecule has 1 aromatic heterocycles. The van der Waals surface area contributed by atoms with Crippen molar-refractivity contribution in [1.29, 1.82) is 0 Å². The van der Waals surface area contributed by atoms with Gasteiger partial charge in [-0.3, -0.25) is 4.79 Å². The number of carbonyl (C=O) groups excluding carboxylic acids is 1. The van der Waals surface area contributed by atoms with Gasteiger partial charge in [0.2, 0.25) is 5.91 Å². The van der Waals surface area contributed by atoms with Gasteiger partial charge in [-0.1, -0.05) is 30.4 Å². The van der Waals surface area contributed by atoms with Crippen LogP contribution >= 0.6 is 11.3 Å². The van der Waals surface area contributed by atoms with Crippen LogP contribution in [0.3, 0.4) is 0 Å². The van der Waals surface area contributed by atoms with E-state index in [-0.39, 0.29) is 40.2 Å². The second-order valence-electron chi connectivity index (χ2n) is 10.4. The van der Waals surface area contributed by atoms with E-state index in [4.69, 9.17) is 0 Å². The molecule has 0 aliphatic heterocycles. The lowest BCUT2D eigenvalue weighted by atomic mass is 9.79. The van der Waals surface area contributed by atoms with E-state index in [1.807, 2.05) is 20.8 Å². The Labute approximate surface area is 195 Å². The van der Waals surface area contributed by atoms with E-state index >= 15 is 0 Å². The summed E-state index contributed by atoms with van der Waals surface area (Å²) in [5.74, 6) is 5.29. The predicted octanol–water partition coefficient (Wildman–Crippen LogP) is 5.47. The molecule has 0 radical (unpaired) electrons. The molecule has 0 spiro atoms. The minimum absolute atomic E-state index is 0.00160. The van der Waals surface area contributed by atoms with Gasteiger partial charge in [0.15, 0.2) is 0 Å². The normalized spacial score (nSPS) is 26.0. The molecule has 2 atom stereocenters. The van der Waals surface area contributed by atoms with Crippen molar-refractivity contribution in [3.63, 3.8) is 0 Å². The second kappa shape index (κ2) is 9.80. The molecule has 1 unspecified atom stereocenters. The highest BCUT2D eigenvalue weighted by molar-refractivity contribution is 7.15. The summed E-state index contributed by atoms with van der Waals surface area (Å²) in [7, 11) is 0. The SMILES string of the molecule is CC1=CCC(C(=O)N(c2cc(C#CC(C)(C)C)sc2C(=O)O)C2CCC(O)CC2)[C@H](C)C1. The molecule has 32 heavy (non-hydrogen) atoms. The Morgan fingerprint density at radius 2 is 1.84 bits per heavy atom. The number of hydrogen-bond acceptors (Lipinski definition) is 4. The lowest BCUT2D eigenvalue weighted by Gasteiger charge is -2.39. The average Bonchev–Trinajstić information content (AvgIpc) is 3.12. The van der Waals surface area contributed by atoms with Crippen molar-refractivity contribution < 1.29 is 19.8 Å². The highest BCUT2D eigenvalue weighted by Crippen LogP contribution is 2.39. The van der Waals surface area contributed by atoms with Crippen molar-refractivity contribution >= 4 is 28.9 Å². The molecule has 1 amide bonds. The summed E-state index contributed by atoms with van der Waals surface area (Å²) in [6.45, 7) is 10.2. The van der Waals surface area contributed by atoms with Crippen LogP contribution in [0.15, 0.2) is 17.7 Å². The monoisotopic (exact) mass is 457 g/mol. The molecule has 1 aromatic rings. The van der Waals surface area contributed by atoms with Crippen LogP contribution in [0.2, 0.25) is 0 Å². The Kier molecular flexibility index (Phi) is 7.52. The van der Waals surface area contributed by atoms with E-state index in [0.717, 1.165) is 17.8 Å². The first kappa shape index (κ1) is 24.5. The number of hydrogen-bond donors (Lipinski definition) is 2. The number of carboxylic acids is 1. The molecule has 0 saturated heterocycles. The molecule has 1 fully saturated rings. The Morgan fingerprint density at radius 1 is 1.19 bits per heavy atom. The third-order valence-corrected chi connectivity index (χ3v) is 7.39. The minimum Gasteiger partial charge on any atom is -0.477 e. The first-order valence-electron chi connectivity index (χ1n) is 11.5. The Bertz CT molecular complexity index is 951. The topological polar surface area (TPSA) is 77.8 Å². The summed E-state index contributed by atoms with van der Waals surface area (Å²) in [5.41, 5.74) is 1.56. The largest absolute Gasteiger partial charge is 0.477 e. The van der Waals surface area contributed by atoms with E-state index in [2.05, 4.69) is 31.8 Å². The molecule has 0 bridgehead atoms. The maximum atomic E-state index is 13.9. The summed E-state index contributed by atoms with van der Waals surface area (Å²) in [4.78, 5) is 28.6. The van der Waals surface area contributed by atoms with Crippen molar-refractivity contribution in [1.82, 2.24) is 0 Å². The van der Waals surface area contributed by atoms with Crippen LogP contribution in [-0.4, -0.2) is 34.2 Å². The lowest BCUT2D eigenvalue weighted by Crippen LogP contribution is -2.48. The predicted molar refractivity (Wildman–Crippen MR) is 129 cm³/mol. The van der Waals surface area contributed by atoms with Crippen LogP contribution < -0.4 is 4.90 Å². The average molecular weight is 458 g/mol. The smallest absolute Gasteiger partial charge is 0.348 e. The van der Waals surface area contributed by atoms with E-state index in [0.29, 0.717) is 42.7 Å². The highest BCUT2D eigenvalue weighted by Gasteiger charge is 2.38. The van der Waals surface area contributed by atoms with Crippen molar-refractivity contribution in [3.8, 4) is 11.8 Å². The van der Waals surface area contributed by atoms with Gasteiger partial charge < -0.3 is 15.1 Å². The third-order valence-electron chi connectivity index (χ3n) is 6.36. The van der Waals surface area contributed by atoms with Crippen LogP contribution in [0.25, 0.3) is 0 Å². The Hall–Kier alpha value is -2.10. The van der Waals surface area contributed by atoms with Crippen LogP contribution in [0.4, 0.5) is 5.69 Å². The number of amides is 1. The van der Waals surface area contributed by atoms with Gasteiger partial charge in [0.25, 0.3) is 0 Å². The molecule has 3 rings (SSSR count). The number of rotatable bonds is 4. The lowest BCUT2D eigenvalue weighted by molar-refractivity contribution is -0.124. The fourth-order valence-electron chi connectivity index (χ4n) is 4.65. The molecule has 1 heterocycles. The minimum atomic E-state index is -1.03. The summed E-state index contributed by atoms with van der Waals surface area (Å²) >= 11 is 1.14. The summed E-state index contributed by atoms with van der Waals surface area (Å²) in [6.07, 6.45) is 5.93. The highest BCUT2D eigenvalue weighted by atomic mass is 32.1. The van der Waals surface area contributed by atoms with Gasteiger partial charge in [-0.15, -0.1) is 11.3 Å². The van der Waals surface area contributed by atoms with Gasteiger partial charge in [0.05, 0.1) is 16.7 Å². The molecule has 6 heteroatoms. The number of anilines is 1. The second-order valence-corrected chi connectivity index (χ2v) is 11.4. The number of aromatic carboxylic acids is 1. The van der Waals surface area contributed by atoms with E-state index in [9.17, 15) is 19.8 Å². The number of nitrogens with zero attached hydrogens (tertiary/aromatic N) is 1. The zero-order valence-corrected chi connectivity index (χ0v) is 20.6. The zero-order chi connectivity index (χ0) is 23.6. The molecule has 0 aromatic carbocycles. The Balaban J connectivity index is 2.04. The van der Waals surface area contributed by atoms with Crippen LogP contribution in [-0.2, 0) is 4.79 Å². The van der Waals surface area contributed by atoms with E-state index in [1.54, 1.807) is 11.0 Å². The van der Waals surface area contributed by atoms with Crippen molar-refractivity contribution in [2.24, 2.45) is 17.3 Å². The van der Waals surface area contributed by atoms with Crippen molar-refractivity contribution in [2.45, 2.75) is 85.3 Å². The fourth-order valence-corrected chi connectivity index (χ4v) is 5.49. The number of allylic oxidation sites excluding steroid dienone is 2. The quantitative estimate of drug-likeness (QED) is 0.464. The maximum absolute atomic E-state index is 13.9. The molecule has 2 N–H and O–H groups in total. The van der Waals surface area contributed by atoms with Crippen molar-refractivity contribution in [2.75, 3.05) is 4.90 Å². The summed E-state index contributed by atoms with van der Waals surface area (Å²) in [5, 5.41) is 20.0. The molecule has 2 aliphatic rings. The first-order valence-corrected chi connectivity index (χ1v) is 12.3. The number of carboxylic acid groups (broad SMARTS) is 1. The summed E-state index contributed by atoms with van der Waals surface area (Å²) < 4.78 is 0. The van der Waals surface area contributed by atoms with Gasteiger partial charge in [-0.2, -0.15) is 0 Å². The number of aliphatic hydroxyl groups excluding tert-OH is 1. The number of thiophene rings is 1. The molecule has 1 saturated carbocycles. The van der Waals surface area contributed by atoms with Gasteiger partial charge in [-0.05, 0) is 78.2 Å². The molecule has 2 aliphatic carbocycles. The third kappa shape index (κ3) is 5.82.